The van der Waals surface area contributed by atoms with Crippen molar-refractivity contribution in [3.8, 4) is 0 Å². The molecule has 1 heterocycles. The topological polar surface area (TPSA) is 80.0 Å². The van der Waals surface area contributed by atoms with Crippen LogP contribution in [0.4, 0.5) is 15.6 Å². The summed E-state index contributed by atoms with van der Waals surface area (Å²) >= 11 is 7.52. The Morgan fingerprint density at radius 1 is 1.12 bits per heavy atom. The average Bonchev–Trinajstić information content (AvgIpc) is 3.06. The van der Waals surface area contributed by atoms with Crippen LogP contribution >= 0.6 is 22.9 Å². The average molecular weight is 387 g/mol. The molecule has 7 heteroatoms. The number of aryl methyl sites for hydroxylation is 2. The molecule has 5 nitrogen and oxygen atoms in total. The highest BCUT2D eigenvalue weighted by atomic mass is 35.5. The monoisotopic (exact) mass is 386 g/mol. The molecule has 2 amide bonds. The van der Waals surface area contributed by atoms with Gasteiger partial charge in [0.1, 0.15) is 0 Å². The fourth-order valence-electron chi connectivity index (χ4n) is 2.63. The van der Waals surface area contributed by atoms with Crippen LogP contribution in [0, 0.1) is 13.8 Å². The van der Waals surface area contributed by atoms with Crippen LogP contribution in [-0.2, 0) is 0 Å². The second-order valence-corrected chi connectivity index (χ2v) is 7.19. The third kappa shape index (κ3) is 4.04. The number of thiazole rings is 1. The maximum atomic E-state index is 12.3. The van der Waals surface area contributed by atoms with E-state index in [2.05, 4.69) is 15.6 Å². The number of benzene rings is 2. The first-order valence-corrected chi connectivity index (χ1v) is 9.31. The fourth-order valence-corrected chi connectivity index (χ4v) is 3.62. The number of halogens is 1. The van der Waals surface area contributed by atoms with E-state index in [1.54, 1.807) is 6.07 Å². The van der Waals surface area contributed by atoms with Crippen molar-refractivity contribution in [3.05, 3.63) is 75.3 Å². The van der Waals surface area contributed by atoms with E-state index in [0.717, 1.165) is 22.4 Å². The summed E-state index contributed by atoms with van der Waals surface area (Å²) in [6.45, 7) is 3.90. The highest BCUT2D eigenvalue weighted by molar-refractivity contribution is 7.14. The SMILES string of the molecule is Cc1cccc(C)c1NC(=O)Nc1nc(C(N)c2ccccc2Cl)cs1. The van der Waals surface area contributed by atoms with Crippen LogP contribution in [0.25, 0.3) is 0 Å². The number of carbonyl (C=O) groups is 1. The van der Waals surface area contributed by atoms with Gasteiger partial charge in [-0.2, -0.15) is 0 Å². The minimum atomic E-state index is -0.447. The van der Waals surface area contributed by atoms with Crippen molar-refractivity contribution < 1.29 is 4.79 Å². The third-order valence-electron chi connectivity index (χ3n) is 4.02. The number of nitrogens with two attached hydrogens (primary N) is 1. The number of carbonyl (C=O) groups excluding carboxylic acids is 1. The van der Waals surface area contributed by atoms with Gasteiger partial charge in [-0.3, -0.25) is 5.32 Å². The molecule has 3 rings (SSSR count). The third-order valence-corrected chi connectivity index (χ3v) is 5.14. The summed E-state index contributed by atoms with van der Waals surface area (Å²) in [5.41, 5.74) is 10.5. The van der Waals surface area contributed by atoms with E-state index < -0.39 is 6.04 Å². The number of aromatic nitrogens is 1. The molecular weight excluding hydrogens is 368 g/mol. The molecule has 1 atom stereocenters. The Labute approximate surface area is 161 Å². The summed E-state index contributed by atoms with van der Waals surface area (Å²) in [4.78, 5) is 16.7. The lowest BCUT2D eigenvalue weighted by atomic mass is 10.1. The molecule has 0 radical (unpaired) electrons. The number of amides is 2. The molecule has 0 bridgehead atoms. The molecule has 0 spiro atoms. The lowest BCUT2D eigenvalue weighted by Gasteiger charge is -2.12. The number of rotatable bonds is 4. The van der Waals surface area contributed by atoms with Crippen LogP contribution in [0.2, 0.25) is 5.02 Å². The van der Waals surface area contributed by atoms with E-state index in [0.29, 0.717) is 15.8 Å². The normalized spacial score (nSPS) is 11.8. The van der Waals surface area contributed by atoms with Gasteiger partial charge < -0.3 is 11.1 Å². The van der Waals surface area contributed by atoms with Crippen molar-refractivity contribution in [3.63, 3.8) is 0 Å². The zero-order valence-corrected chi connectivity index (χ0v) is 16.0. The molecule has 0 aliphatic carbocycles. The molecule has 0 aliphatic rings. The number of nitrogens with zero attached hydrogens (tertiary/aromatic N) is 1. The second kappa shape index (κ2) is 7.86. The van der Waals surface area contributed by atoms with Crippen molar-refractivity contribution in [2.24, 2.45) is 5.73 Å². The molecule has 0 aliphatic heterocycles. The first-order valence-electron chi connectivity index (χ1n) is 8.05. The largest absolute Gasteiger partial charge is 0.325 e. The highest BCUT2D eigenvalue weighted by Crippen LogP contribution is 2.28. The molecule has 3 aromatic rings. The maximum Gasteiger partial charge on any atom is 0.325 e. The predicted octanol–water partition coefficient (Wildman–Crippen LogP) is 5.11. The minimum absolute atomic E-state index is 0.338. The van der Waals surface area contributed by atoms with Gasteiger partial charge in [0.2, 0.25) is 0 Å². The van der Waals surface area contributed by atoms with Gasteiger partial charge in [-0.15, -0.1) is 11.3 Å². The van der Waals surface area contributed by atoms with Gasteiger partial charge in [-0.05, 0) is 36.6 Å². The highest BCUT2D eigenvalue weighted by Gasteiger charge is 2.16. The van der Waals surface area contributed by atoms with Gasteiger partial charge in [0.05, 0.1) is 11.7 Å². The Morgan fingerprint density at radius 3 is 2.50 bits per heavy atom. The van der Waals surface area contributed by atoms with Crippen LogP contribution in [-0.4, -0.2) is 11.0 Å². The van der Waals surface area contributed by atoms with Crippen molar-refractivity contribution in [2.75, 3.05) is 10.6 Å². The Bertz CT molecular complexity index is 921. The zero-order valence-electron chi connectivity index (χ0n) is 14.4. The van der Waals surface area contributed by atoms with Crippen molar-refractivity contribution in [2.45, 2.75) is 19.9 Å². The predicted molar refractivity (Wildman–Crippen MR) is 108 cm³/mol. The number of para-hydroxylation sites is 1. The molecule has 1 aromatic heterocycles. The number of hydrogen-bond acceptors (Lipinski definition) is 4. The van der Waals surface area contributed by atoms with Crippen LogP contribution < -0.4 is 16.4 Å². The Hall–Kier alpha value is -2.41. The second-order valence-electron chi connectivity index (χ2n) is 5.92. The van der Waals surface area contributed by atoms with E-state index in [-0.39, 0.29) is 6.03 Å². The summed E-state index contributed by atoms with van der Waals surface area (Å²) in [7, 11) is 0. The molecule has 0 saturated carbocycles. The molecule has 26 heavy (non-hydrogen) atoms. The van der Waals surface area contributed by atoms with E-state index in [1.165, 1.54) is 11.3 Å². The standard InChI is InChI=1S/C19H19ClN4OS/c1-11-6-5-7-12(2)17(11)23-18(25)24-19-22-15(10-26-19)16(21)13-8-3-4-9-14(13)20/h3-10,16H,21H2,1-2H3,(H2,22,23,24,25). The molecule has 1 unspecified atom stereocenters. The number of hydrogen-bond donors (Lipinski definition) is 3. The Kier molecular flexibility index (Phi) is 5.56. The molecule has 0 saturated heterocycles. The van der Waals surface area contributed by atoms with Crippen LogP contribution in [0.15, 0.2) is 47.8 Å². The Morgan fingerprint density at radius 2 is 1.81 bits per heavy atom. The molecule has 0 fully saturated rings. The molecule has 134 valence electrons. The van der Waals surface area contributed by atoms with Crippen molar-refractivity contribution in [1.82, 2.24) is 4.98 Å². The van der Waals surface area contributed by atoms with Gasteiger partial charge in [0, 0.05) is 16.1 Å². The van der Waals surface area contributed by atoms with E-state index in [9.17, 15) is 4.79 Å². The van der Waals surface area contributed by atoms with E-state index >= 15 is 0 Å². The molecule has 4 N–H and O–H groups in total. The van der Waals surface area contributed by atoms with Crippen LogP contribution in [0.1, 0.15) is 28.4 Å². The summed E-state index contributed by atoms with van der Waals surface area (Å²) in [5, 5.41) is 8.52. The van der Waals surface area contributed by atoms with Gasteiger partial charge in [0.15, 0.2) is 5.13 Å². The maximum absolute atomic E-state index is 12.3. The quantitative estimate of drug-likeness (QED) is 0.583. The summed E-state index contributed by atoms with van der Waals surface area (Å²) < 4.78 is 0. The smallest absolute Gasteiger partial charge is 0.319 e. The molecule has 2 aromatic carbocycles. The van der Waals surface area contributed by atoms with Gasteiger partial charge >= 0.3 is 6.03 Å². The Balaban J connectivity index is 1.70. The number of anilines is 2. The molecular formula is C19H19ClN4OS. The van der Waals surface area contributed by atoms with Crippen molar-refractivity contribution in [1.29, 1.82) is 0 Å². The van der Waals surface area contributed by atoms with Gasteiger partial charge in [0.25, 0.3) is 0 Å². The summed E-state index contributed by atoms with van der Waals surface area (Å²) in [6, 6.07) is 12.5. The lowest BCUT2D eigenvalue weighted by molar-refractivity contribution is 0.262. The van der Waals surface area contributed by atoms with Crippen LogP contribution in [0.5, 0.6) is 0 Å². The van der Waals surface area contributed by atoms with Gasteiger partial charge in [-0.25, -0.2) is 9.78 Å². The first kappa shape index (κ1) is 18.4. The first-order chi connectivity index (χ1) is 12.5. The zero-order chi connectivity index (χ0) is 18.7. The summed E-state index contributed by atoms with van der Waals surface area (Å²) in [5.74, 6) is 0. The fraction of sp³-hybridized carbons (Fsp3) is 0.158. The van der Waals surface area contributed by atoms with Crippen LogP contribution in [0.3, 0.4) is 0 Å². The summed E-state index contributed by atoms with van der Waals surface area (Å²) in [6.07, 6.45) is 0. The van der Waals surface area contributed by atoms with E-state index in [4.69, 9.17) is 17.3 Å². The minimum Gasteiger partial charge on any atom is -0.319 e. The number of urea groups is 1. The number of nitrogens with one attached hydrogen (secondary N) is 2. The van der Waals surface area contributed by atoms with Crippen molar-refractivity contribution >= 4 is 39.8 Å². The lowest BCUT2D eigenvalue weighted by Crippen LogP contribution is -2.20. The van der Waals surface area contributed by atoms with Gasteiger partial charge in [-0.1, -0.05) is 48.0 Å². The van der Waals surface area contributed by atoms with E-state index in [1.807, 2.05) is 55.6 Å².